The first kappa shape index (κ1) is 16.6. The van der Waals surface area contributed by atoms with Crippen LogP contribution in [0.25, 0.3) is 10.9 Å². The number of aryl methyl sites for hydroxylation is 2. The summed E-state index contributed by atoms with van der Waals surface area (Å²) in [6.45, 7) is 8.51. The number of hydrogen-bond acceptors (Lipinski definition) is 2. The molecule has 2 N–H and O–H groups in total. The first-order chi connectivity index (χ1) is 10.4. The normalized spacial score (nSPS) is 11.9. The molecule has 0 aliphatic heterocycles. The summed E-state index contributed by atoms with van der Waals surface area (Å²) in [4.78, 5) is 12.8. The lowest BCUT2D eigenvalue weighted by atomic mass is 10.1. The van der Waals surface area contributed by atoms with Crippen LogP contribution < -0.4 is 5.32 Å². The molecule has 120 valence electrons. The van der Waals surface area contributed by atoms with E-state index >= 15 is 0 Å². The second-order valence-corrected chi connectivity index (χ2v) is 6.49. The van der Waals surface area contributed by atoms with Crippen molar-refractivity contribution in [2.45, 2.75) is 52.6 Å². The van der Waals surface area contributed by atoms with Gasteiger partial charge in [-0.05, 0) is 38.8 Å². The highest BCUT2D eigenvalue weighted by Gasteiger charge is 2.25. The van der Waals surface area contributed by atoms with Crippen molar-refractivity contribution in [3.63, 3.8) is 0 Å². The number of nitrogens with one attached hydrogen (secondary N) is 1. The molecule has 1 heterocycles. The van der Waals surface area contributed by atoms with Crippen molar-refractivity contribution in [3.05, 3.63) is 35.5 Å². The lowest BCUT2D eigenvalue weighted by Crippen LogP contribution is -2.47. The third-order valence-electron chi connectivity index (χ3n) is 4.02. The monoisotopic (exact) mass is 302 g/mol. The number of aliphatic hydroxyl groups is 1. The second-order valence-electron chi connectivity index (χ2n) is 6.49. The Balaban J connectivity index is 2.51. The Kier molecular flexibility index (Phi) is 4.91. The number of hydrogen-bond donors (Lipinski definition) is 2. The number of fused-ring (bicyclic) bond motifs is 1. The predicted molar refractivity (Wildman–Crippen MR) is 90.2 cm³/mol. The zero-order valence-electron chi connectivity index (χ0n) is 13.9. The number of carbonyl (C=O) groups excluding carboxylic acids is 1. The molecule has 22 heavy (non-hydrogen) atoms. The largest absolute Gasteiger partial charge is 0.394 e. The van der Waals surface area contributed by atoms with E-state index in [1.165, 1.54) is 0 Å². The fourth-order valence-electron chi connectivity index (χ4n) is 2.72. The van der Waals surface area contributed by atoms with E-state index in [1.54, 1.807) is 0 Å². The minimum absolute atomic E-state index is 0.0903. The average Bonchev–Trinajstić information content (AvgIpc) is 2.78. The maximum absolute atomic E-state index is 12.8. The van der Waals surface area contributed by atoms with Crippen LogP contribution in [0.3, 0.4) is 0 Å². The van der Waals surface area contributed by atoms with Gasteiger partial charge in [0.2, 0.25) is 0 Å². The number of amides is 1. The van der Waals surface area contributed by atoms with Crippen molar-refractivity contribution >= 4 is 16.8 Å². The predicted octanol–water partition coefficient (Wildman–Crippen LogP) is 3.25. The van der Waals surface area contributed by atoms with Gasteiger partial charge in [0.15, 0.2) is 0 Å². The van der Waals surface area contributed by atoms with Gasteiger partial charge >= 0.3 is 0 Å². The molecule has 4 nitrogen and oxygen atoms in total. The maximum atomic E-state index is 12.8. The van der Waals surface area contributed by atoms with Crippen LogP contribution >= 0.6 is 0 Å². The average molecular weight is 302 g/mol. The van der Waals surface area contributed by atoms with E-state index in [4.69, 9.17) is 0 Å². The smallest absolute Gasteiger partial charge is 0.268 e. The molecule has 0 unspecified atom stereocenters. The minimum Gasteiger partial charge on any atom is -0.394 e. The lowest BCUT2D eigenvalue weighted by molar-refractivity contribution is 0.0859. The van der Waals surface area contributed by atoms with Crippen LogP contribution in [0.5, 0.6) is 0 Å². The van der Waals surface area contributed by atoms with Crippen LogP contribution in [0, 0.1) is 6.92 Å². The first-order valence-corrected chi connectivity index (χ1v) is 7.92. The fourth-order valence-corrected chi connectivity index (χ4v) is 2.72. The molecule has 0 aliphatic carbocycles. The van der Waals surface area contributed by atoms with Crippen LogP contribution in [-0.2, 0) is 6.54 Å². The molecule has 2 rings (SSSR count). The number of benzene rings is 1. The van der Waals surface area contributed by atoms with Gasteiger partial charge in [0.05, 0.1) is 12.1 Å². The van der Waals surface area contributed by atoms with Gasteiger partial charge in [0, 0.05) is 17.4 Å². The van der Waals surface area contributed by atoms with Gasteiger partial charge in [0.25, 0.3) is 5.91 Å². The molecule has 0 saturated heterocycles. The van der Waals surface area contributed by atoms with Crippen LogP contribution in [0.4, 0.5) is 0 Å². The molecule has 4 heteroatoms. The fraction of sp³-hybridized carbons (Fsp3) is 0.500. The number of aromatic nitrogens is 1. The number of para-hydroxylation sites is 1. The second kappa shape index (κ2) is 6.53. The van der Waals surface area contributed by atoms with Gasteiger partial charge in [-0.3, -0.25) is 4.79 Å². The van der Waals surface area contributed by atoms with Crippen molar-refractivity contribution in [1.29, 1.82) is 0 Å². The SMILES string of the molecule is CCCCn1c(C(=O)NC(C)(C)CO)c(C)c2ccccc21. The lowest BCUT2D eigenvalue weighted by Gasteiger charge is -2.24. The molecular formula is C18H26N2O2. The van der Waals surface area contributed by atoms with Gasteiger partial charge in [-0.15, -0.1) is 0 Å². The van der Waals surface area contributed by atoms with E-state index in [-0.39, 0.29) is 12.5 Å². The minimum atomic E-state index is -0.629. The Morgan fingerprint density at radius 3 is 2.64 bits per heavy atom. The van der Waals surface area contributed by atoms with E-state index in [0.29, 0.717) is 5.69 Å². The molecule has 1 aromatic carbocycles. The third kappa shape index (κ3) is 3.17. The molecule has 2 aromatic rings. The number of nitrogens with zero attached hydrogens (tertiary/aromatic N) is 1. The standard InChI is InChI=1S/C18H26N2O2/c1-5-6-11-20-15-10-8-7-9-14(15)13(2)16(20)17(22)19-18(3,4)12-21/h7-10,21H,5-6,11-12H2,1-4H3,(H,19,22). The van der Waals surface area contributed by atoms with Crippen molar-refractivity contribution < 1.29 is 9.90 Å². The number of aliphatic hydroxyl groups excluding tert-OH is 1. The van der Waals surface area contributed by atoms with Gasteiger partial charge in [0.1, 0.15) is 5.69 Å². The van der Waals surface area contributed by atoms with E-state index in [1.807, 2.05) is 32.9 Å². The van der Waals surface area contributed by atoms with E-state index < -0.39 is 5.54 Å². The molecule has 0 fully saturated rings. The summed E-state index contributed by atoms with van der Waals surface area (Å²) in [7, 11) is 0. The Morgan fingerprint density at radius 1 is 1.32 bits per heavy atom. The van der Waals surface area contributed by atoms with Crippen molar-refractivity contribution in [3.8, 4) is 0 Å². The topological polar surface area (TPSA) is 54.3 Å². The van der Waals surface area contributed by atoms with Gasteiger partial charge < -0.3 is 15.0 Å². The third-order valence-corrected chi connectivity index (χ3v) is 4.02. The highest BCUT2D eigenvalue weighted by Crippen LogP contribution is 2.26. The molecule has 0 aliphatic rings. The van der Waals surface area contributed by atoms with E-state index in [2.05, 4.69) is 28.9 Å². The summed E-state index contributed by atoms with van der Waals surface area (Å²) in [5, 5.41) is 13.4. The highest BCUT2D eigenvalue weighted by atomic mass is 16.3. The molecule has 0 bridgehead atoms. The van der Waals surface area contributed by atoms with E-state index in [9.17, 15) is 9.90 Å². The molecule has 0 atom stereocenters. The van der Waals surface area contributed by atoms with Crippen LogP contribution in [0.2, 0.25) is 0 Å². The summed E-state index contributed by atoms with van der Waals surface area (Å²) >= 11 is 0. The zero-order valence-corrected chi connectivity index (χ0v) is 13.9. The molecule has 1 aromatic heterocycles. The van der Waals surface area contributed by atoms with Crippen LogP contribution in [0.1, 0.15) is 49.7 Å². The summed E-state index contributed by atoms with van der Waals surface area (Å²) < 4.78 is 2.11. The highest BCUT2D eigenvalue weighted by molar-refractivity contribution is 6.01. The van der Waals surface area contributed by atoms with Crippen molar-refractivity contribution in [2.75, 3.05) is 6.61 Å². The molecule has 0 spiro atoms. The van der Waals surface area contributed by atoms with Crippen molar-refractivity contribution in [2.24, 2.45) is 0 Å². The Bertz CT molecular complexity index is 671. The van der Waals surface area contributed by atoms with E-state index in [0.717, 1.165) is 35.9 Å². The van der Waals surface area contributed by atoms with Crippen molar-refractivity contribution in [1.82, 2.24) is 9.88 Å². The van der Waals surface area contributed by atoms with Crippen LogP contribution in [0.15, 0.2) is 24.3 Å². The van der Waals surface area contributed by atoms with Gasteiger partial charge in [-0.25, -0.2) is 0 Å². The van der Waals surface area contributed by atoms with Gasteiger partial charge in [-0.2, -0.15) is 0 Å². The quantitative estimate of drug-likeness (QED) is 0.860. The summed E-state index contributed by atoms with van der Waals surface area (Å²) in [6.07, 6.45) is 2.11. The molecule has 0 radical (unpaired) electrons. The first-order valence-electron chi connectivity index (χ1n) is 7.92. The molecular weight excluding hydrogens is 276 g/mol. The van der Waals surface area contributed by atoms with Crippen LogP contribution in [-0.4, -0.2) is 27.7 Å². The number of unbranched alkanes of at least 4 members (excludes halogenated alkanes) is 1. The number of rotatable bonds is 6. The molecule has 1 amide bonds. The number of carbonyl (C=O) groups is 1. The Morgan fingerprint density at radius 2 is 2.00 bits per heavy atom. The summed E-state index contributed by atoms with van der Waals surface area (Å²) in [5.74, 6) is -0.121. The summed E-state index contributed by atoms with van der Waals surface area (Å²) in [5.41, 5.74) is 2.17. The zero-order chi connectivity index (χ0) is 16.3. The molecule has 0 saturated carbocycles. The Hall–Kier alpha value is -1.81. The van der Waals surface area contributed by atoms with Gasteiger partial charge in [-0.1, -0.05) is 31.5 Å². The Labute approximate surface area is 132 Å². The summed E-state index contributed by atoms with van der Waals surface area (Å²) in [6, 6.07) is 8.12. The maximum Gasteiger partial charge on any atom is 0.268 e.